The first-order chi connectivity index (χ1) is 4.23. The number of halogens is 2. The lowest BCUT2D eigenvalue weighted by atomic mass is 10.4. The molecule has 0 atom stereocenters. The van der Waals surface area contributed by atoms with E-state index in [1.54, 1.807) is 0 Å². The third-order valence-corrected chi connectivity index (χ3v) is 0.827. The molecule has 0 aromatic heterocycles. The first kappa shape index (κ1) is 9.28. The van der Waals surface area contributed by atoms with E-state index in [2.05, 4.69) is 6.58 Å². The molecule has 1 fully saturated rings. The third-order valence-electron chi connectivity index (χ3n) is 0.827. The van der Waals surface area contributed by atoms with Gasteiger partial charge in [0.2, 0.25) is 0 Å². The van der Waals surface area contributed by atoms with E-state index in [-0.39, 0.29) is 4.49 Å². The van der Waals surface area contributed by atoms with Crippen LogP contribution in [0.2, 0.25) is 0 Å². The summed E-state index contributed by atoms with van der Waals surface area (Å²) in [6.07, 6.45) is 2.56. The molecule has 1 saturated heterocycles. The zero-order valence-corrected chi connectivity index (χ0v) is 6.71. The molecule has 54 valence electrons. The Hall–Kier alpha value is 0.280. The van der Waals surface area contributed by atoms with E-state index < -0.39 is 0 Å². The van der Waals surface area contributed by atoms with E-state index in [4.69, 9.17) is 27.9 Å². The van der Waals surface area contributed by atoms with Crippen LogP contribution in [0, 0.1) is 0 Å². The maximum Gasteiger partial charge on any atom is 0.0992 e. The summed E-state index contributed by atoms with van der Waals surface area (Å²) >= 11 is 9.69. The Kier molecular flexibility index (Phi) is 6.60. The molecule has 0 radical (unpaired) electrons. The quantitative estimate of drug-likeness (QED) is 0.541. The standard InChI is InChI=1S/C4H8O.C2H2Cl2/c1-2-4-5-3-1;1-2(3)4/h1-4H2;1H2. The lowest BCUT2D eigenvalue weighted by molar-refractivity contribution is 0.198. The van der Waals surface area contributed by atoms with Gasteiger partial charge in [-0.25, -0.2) is 0 Å². The first-order valence-corrected chi connectivity index (χ1v) is 3.56. The van der Waals surface area contributed by atoms with Crippen molar-refractivity contribution in [1.82, 2.24) is 0 Å². The smallest absolute Gasteiger partial charge is 0.0992 e. The fraction of sp³-hybridized carbons (Fsp3) is 0.667. The highest BCUT2D eigenvalue weighted by molar-refractivity contribution is 6.55. The maximum absolute atomic E-state index is 4.94. The Bertz CT molecular complexity index is 67.5. The van der Waals surface area contributed by atoms with Gasteiger partial charge < -0.3 is 4.74 Å². The summed E-state index contributed by atoms with van der Waals surface area (Å²) in [5, 5.41) is 0. The third kappa shape index (κ3) is 11.7. The molecule has 3 heteroatoms. The van der Waals surface area contributed by atoms with Crippen LogP contribution >= 0.6 is 23.2 Å². The molecule has 0 amide bonds. The summed E-state index contributed by atoms with van der Waals surface area (Å²) in [5.74, 6) is 0. The second-order valence-electron chi connectivity index (χ2n) is 1.66. The Morgan fingerprint density at radius 2 is 1.56 bits per heavy atom. The van der Waals surface area contributed by atoms with E-state index in [0.29, 0.717) is 0 Å². The SMILES string of the molecule is C1CCOC1.C=C(Cl)Cl. The van der Waals surface area contributed by atoms with Crippen LogP contribution in [-0.4, -0.2) is 13.2 Å². The van der Waals surface area contributed by atoms with Crippen molar-refractivity contribution in [3.05, 3.63) is 11.1 Å². The molecule has 1 nitrogen and oxygen atoms in total. The van der Waals surface area contributed by atoms with Gasteiger partial charge in [-0.1, -0.05) is 29.8 Å². The van der Waals surface area contributed by atoms with Crippen molar-refractivity contribution in [1.29, 1.82) is 0 Å². The van der Waals surface area contributed by atoms with Crippen molar-refractivity contribution in [3.8, 4) is 0 Å². The maximum atomic E-state index is 4.94. The van der Waals surface area contributed by atoms with Gasteiger partial charge in [-0.05, 0) is 12.8 Å². The minimum atomic E-state index is 0.111. The summed E-state index contributed by atoms with van der Waals surface area (Å²) in [4.78, 5) is 0. The summed E-state index contributed by atoms with van der Waals surface area (Å²) in [6, 6.07) is 0. The van der Waals surface area contributed by atoms with Crippen molar-refractivity contribution in [2.75, 3.05) is 13.2 Å². The summed E-state index contributed by atoms with van der Waals surface area (Å²) in [6.45, 7) is 5.09. The van der Waals surface area contributed by atoms with Crippen LogP contribution in [0.5, 0.6) is 0 Å². The topological polar surface area (TPSA) is 9.23 Å². The van der Waals surface area contributed by atoms with Crippen LogP contribution in [-0.2, 0) is 4.74 Å². The molecule has 0 bridgehead atoms. The van der Waals surface area contributed by atoms with Crippen LogP contribution in [0.25, 0.3) is 0 Å². The second kappa shape index (κ2) is 6.40. The number of hydrogen-bond donors (Lipinski definition) is 0. The van der Waals surface area contributed by atoms with E-state index in [9.17, 15) is 0 Å². The Balaban J connectivity index is 0.000000148. The van der Waals surface area contributed by atoms with E-state index in [0.717, 1.165) is 13.2 Å². The molecule has 1 rings (SSSR count). The fourth-order valence-corrected chi connectivity index (χ4v) is 0.510. The number of hydrogen-bond acceptors (Lipinski definition) is 1. The van der Waals surface area contributed by atoms with Gasteiger partial charge in [0.05, 0.1) is 4.49 Å². The predicted molar refractivity (Wildman–Crippen MR) is 40.9 cm³/mol. The van der Waals surface area contributed by atoms with Crippen molar-refractivity contribution in [3.63, 3.8) is 0 Å². The lowest BCUT2D eigenvalue weighted by Gasteiger charge is -1.76. The van der Waals surface area contributed by atoms with Gasteiger partial charge in [-0.15, -0.1) is 0 Å². The molecule has 0 spiro atoms. The summed E-state index contributed by atoms with van der Waals surface area (Å²) in [5.41, 5.74) is 0. The van der Waals surface area contributed by atoms with Crippen LogP contribution < -0.4 is 0 Å². The van der Waals surface area contributed by atoms with Crippen LogP contribution in [0.4, 0.5) is 0 Å². The molecule has 1 heterocycles. The van der Waals surface area contributed by atoms with Gasteiger partial charge in [-0.3, -0.25) is 0 Å². The molecule has 9 heavy (non-hydrogen) atoms. The molecule has 0 aromatic carbocycles. The highest BCUT2D eigenvalue weighted by atomic mass is 35.5. The Labute approximate surface area is 65.6 Å². The monoisotopic (exact) mass is 168 g/mol. The minimum Gasteiger partial charge on any atom is -0.381 e. The first-order valence-electron chi connectivity index (χ1n) is 2.81. The van der Waals surface area contributed by atoms with Gasteiger partial charge in [0, 0.05) is 13.2 Å². The van der Waals surface area contributed by atoms with Crippen molar-refractivity contribution >= 4 is 23.2 Å². The van der Waals surface area contributed by atoms with Gasteiger partial charge >= 0.3 is 0 Å². The van der Waals surface area contributed by atoms with Crippen molar-refractivity contribution in [2.24, 2.45) is 0 Å². The Morgan fingerprint density at radius 3 is 1.67 bits per heavy atom. The molecule has 0 N–H and O–H groups in total. The number of ether oxygens (including phenoxy) is 1. The summed E-state index contributed by atoms with van der Waals surface area (Å²) < 4.78 is 5.06. The average molecular weight is 169 g/mol. The van der Waals surface area contributed by atoms with E-state index in [1.165, 1.54) is 12.8 Å². The molecule has 1 aliphatic heterocycles. The molecule has 0 saturated carbocycles. The van der Waals surface area contributed by atoms with Crippen molar-refractivity contribution < 1.29 is 4.74 Å². The molecule has 1 aliphatic rings. The fourth-order valence-electron chi connectivity index (χ4n) is 0.510. The molecular formula is C6H10Cl2O. The van der Waals surface area contributed by atoms with Gasteiger partial charge in [0.15, 0.2) is 0 Å². The average Bonchev–Trinajstić information content (AvgIpc) is 2.11. The lowest BCUT2D eigenvalue weighted by Crippen LogP contribution is -1.74. The highest BCUT2D eigenvalue weighted by Gasteiger charge is 1.94. The van der Waals surface area contributed by atoms with Crippen molar-refractivity contribution in [2.45, 2.75) is 12.8 Å². The zero-order chi connectivity index (χ0) is 7.11. The Morgan fingerprint density at radius 1 is 1.22 bits per heavy atom. The normalized spacial score (nSPS) is 16.2. The number of rotatable bonds is 0. The summed E-state index contributed by atoms with van der Waals surface area (Å²) in [7, 11) is 0. The molecule has 0 aliphatic carbocycles. The predicted octanol–water partition coefficient (Wildman–Crippen LogP) is 2.73. The molecule has 0 aromatic rings. The molecule has 0 unspecified atom stereocenters. The van der Waals surface area contributed by atoms with Gasteiger partial charge in [-0.2, -0.15) is 0 Å². The van der Waals surface area contributed by atoms with Crippen LogP contribution in [0.3, 0.4) is 0 Å². The van der Waals surface area contributed by atoms with Gasteiger partial charge in [0.1, 0.15) is 0 Å². The highest BCUT2D eigenvalue weighted by Crippen LogP contribution is 1.98. The van der Waals surface area contributed by atoms with Crippen LogP contribution in [0.15, 0.2) is 11.1 Å². The van der Waals surface area contributed by atoms with E-state index >= 15 is 0 Å². The van der Waals surface area contributed by atoms with E-state index in [1.807, 2.05) is 0 Å². The van der Waals surface area contributed by atoms with Crippen LogP contribution in [0.1, 0.15) is 12.8 Å². The second-order valence-corrected chi connectivity index (χ2v) is 2.76. The largest absolute Gasteiger partial charge is 0.381 e. The van der Waals surface area contributed by atoms with Gasteiger partial charge in [0.25, 0.3) is 0 Å². The zero-order valence-electron chi connectivity index (χ0n) is 5.20. The molecular weight excluding hydrogens is 159 g/mol. The minimum absolute atomic E-state index is 0.111.